The number of aromatic nitrogens is 2. The van der Waals surface area contributed by atoms with E-state index in [1.165, 1.54) is 0 Å². The third kappa shape index (κ3) is 4.31. The fourth-order valence-electron chi connectivity index (χ4n) is 2.39. The van der Waals surface area contributed by atoms with E-state index in [9.17, 15) is 4.79 Å². The Kier molecular flexibility index (Phi) is 5.55. The number of nitrogens with two attached hydrogens (primary N) is 1. The largest absolute Gasteiger partial charge is 0.376 e. The summed E-state index contributed by atoms with van der Waals surface area (Å²) < 4.78 is 7.39. The van der Waals surface area contributed by atoms with Crippen LogP contribution < -0.4 is 11.1 Å². The molecular formula is C14H24N4O2. The van der Waals surface area contributed by atoms with Crippen LogP contribution >= 0.6 is 0 Å². The van der Waals surface area contributed by atoms with Crippen molar-refractivity contribution in [2.75, 3.05) is 18.5 Å². The standard InChI is InChI=1S/C14H24N4O2/c1-2-11(7-15)6-14(19)17-12-8-16-18(9-12)10-13-4-3-5-20-13/h8-9,11,13H,2-7,10,15H2,1H3,(H,17,19). The van der Waals surface area contributed by atoms with E-state index in [1.807, 2.05) is 17.8 Å². The van der Waals surface area contributed by atoms with Crippen molar-refractivity contribution in [3.63, 3.8) is 0 Å². The minimum absolute atomic E-state index is 0.000957. The van der Waals surface area contributed by atoms with E-state index < -0.39 is 0 Å². The summed E-state index contributed by atoms with van der Waals surface area (Å²) in [6.07, 6.45) is 7.36. The number of carbonyl (C=O) groups is 1. The first-order chi connectivity index (χ1) is 9.71. The lowest BCUT2D eigenvalue weighted by Gasteiger charge is -2.11. The van der Waals surface area contributed by atoms with Crippen LogP contribution in [0.2, 0.25) is 0 Å². The maximum absolute atomic E-state index is 11.9. The van der Waals surface area contributed by atoms with Crippen molar-refractivity contribution in [2.45, 2.75) is 45.3 Å². The van der Waals surface area contributed by atoms with Gasteiger partial charge < -0.3 is 15.8 Å². The number of hydrogen-bond acceptors (Lipinski definition) is 4. The lowest BCUT2D eigenvalue weighted by Crippen LogP contribution is -2.21. The van der Waals surface area contributed by atoms with E-state index in [1.54, 1.807) is 6.20 Å². The Balaban J connectivity index is 1.81. The summed E-state index contributed by atoms with van der Waals surface area (Å²) in [6, 6.07) is 0. The lowest BCUT2D eigenvalue weighted by atomic mass is 10.0. The molecule has 2 heterocycles. The van der Waals surface area contributed by atoms with Crippen molar-refractivity contribution < 1.29 is 9.53 Å². The zero-order valence-electron chi connectivity index (χ0n) is 12.0. The van der Waals surface area contributed by atoms with Crippen LogP contribution in [0.4, 0.5) is 5.69 Å². The molecule has 0 radical (unpaired) electrons. The van der Waals surface area contributed by atoms with E-state index in [0.29, 0.717) is 13.0 Å². The maximum Gasteiger partial charge on any atom is 0.224 e. The molecule has 2 rings (SSSR count). The van der Waals surface area contributed by atoms with Gasteiger partial charge in [-0.05, 0) is 25.3 Å². The Morgan fingerprint density at radius 1 is 1.70 bits per heavy atom. The minimum atomic E-state index is -0.000957. The van der Waals surface area contributed by atoms with Crippen molar-refractivity contribution >= 4 is 11.6 Å². The summed E-state index contributed by atoms with van der Waals surface area (Å²) in [5.41, 5.74) is 6.35. The SMILES string of the molecule is CCC(CN)CC(=O)Nc1cnn(CC2CCCO2)c1. The first kappa shape index (κ1) is 15.0. The van der Waals surface area contributed by atoms with Crippen molar-refractivity contribution in [2.24, 2.45) is 11.7 Å². The molecule has 1 fully saturated rings. The molecule has 0 aliphatic carbocycles. The highest BCUT2D eigenvalue weighted by atomic mass is 16.5. The highest BCUT2D eigenvalue weighted by Crippen LogP contribution is 2.15. The fraction of sp³-hybridized carbons (Fsp3) is 0.714. The number of nitrogens with zero attached hydrogens (tertiary/aromatic N) is 2. The zero-order chi connectivity index (χ0) is 14.4. The minimum Gasteiger partial charge on any atom is -0.376 e. The third-order valence-corrected chi connectivity index (χ3v) is 3.72. The van der Waals surface area contributed by atoms with Crippen molar-refractivity contribution in [3.05, 3.63) is 12.4 Å². The monoisotopic (exact) mass is 280 g/mol. The molecule has 0 aromatic carbocycles. The summed E-state index contributed by atoms with van der Waals surface area (Å²) in [4.78, 5) is 11.9. The Morgan fingerprint density at radius 2 is 2.55 bits per heavy atom. The maximum atomic E-state index is 11.9. The number of anilines is 1. The molecule has 1 aromatic rings. The van der Waals surface area contributed by atoms with Gasteiger partial charge >= 0.3 is 0 Å². The molecule has 0 spiro atoms. The molecule has 6 heteroatoms. The predicted molar refractivity (Wildman–Crippen MR) is 77.3 cm³/mol. The van der Waals surface area contributed by atoms with Gasteiger partial charge in [0.05, 0.1) is 24.5 Å². The van der Waals surface area contributed by atoms with Gasteiger partial charge in [0.2, 0.25) is 5.91 Å². The van der Waals surface area contributed by atoms with E-state index in [-0.39, 0.29) is 17.9 Å². The second-order valence-electron chi connectivity index (χ2n) is 5.35. The van der Waals surface area contributed by atoms with E-state index in [0.717, 1.165) is 38.1 Å². The molecule has 6 nitrogen and oxygen atoms in total. The fourth-order valence-corrected chi connectivity index (χ4v) is 2.39. The van der Waals surface area contributed by atoms with Crippen molar-refractivity contribution in [3.8, 4) is 0 Å². The number of rotatable bonds is 7. The predicted octanol–water partition coefficient (Wildman–Crippen LogP) is 1.38. The molecule has 3 N–H and O–H groups in total. The smallest absolute Gasteiger partial charge is 0.224 e. The lowest BCUT2D eigenvalue weighted by molar-refractivity contribution is -0.117. The van der Waals surface area contributed by atoms with Crippen LogP contribution in [0.15, 0.2) is 12.4 Å². The van der Waals surface area contributed by atoms with Crippen molar-refractivity contribution in [1.82, 2.24) is 9.78 Å². The van der Waals surface area contributed by atoms with Gasteiger partial charge in [-0.3, -0.25) is 9.48 Å². The van der Waals surface area contributed by atoms with Gasteiger partial charge in [0.25, 0.3) is 0 Å². The molecular weight excluding hydrogens is 256 g/mol. The summed E-state index contributed by atoms with van der Waals surface area (Å²) in [6.45, 7) is 4.18. The van der Waals surface area contributed by atoms with Crippen LogP contribution in [-0.4, -0.2) is 34.9 Å². The van der Waals surface area contributed by atoms with Crippen LogP contribution in [0.5, 0.6) is 0 Å². The topological polar surface area (TPSA) is 82.2 Å². The van der Waals surface area contributed by atoms with Crippen LogP contribution in [-0.2, 0) is 16.1 Å². The Bertz CT molecular complexity index is 423. The number of carbonyl (C=O) groups excluding carboxylic acids is 1. The molecule has 1 aliphatic heterocycles. The highest BCUT2D eigenvalue weighted by Gasteiger charge is 2.17. The van der Waals surface area contributed by atoms with Gasteiger partial charge in [-0.25, -0.2) is 0 Å². The molecule has 1 aliphatic rings. The Labute approximate surface area is 119 Å². The molecule has 2 unspecified atom stereocenters. The molecule has 1 saturated heterocycles. The van der Waals surface area contributed by atoms with E-state index in [2.05, 4.69) is 10.4 Å². The Hall–Kier alpha value is -1.40. The third-order valence-electron chi connectivity index (χ3n) is 3.72. The average molecular weight is 280 g/mol. The van der Waals surface area contributed by atoms with E-state index in [4.69, 9.17) is 10.5 Å². The van der Waals surface area contributed by atoms with Gasteiger partial charge in [-0.2, -0.15) is 5.10 Å². The van der Waals surface area contributed by atoms with E-state index >= 15 is 0 Å². The van der Waals surface area contributed by atoms with Crippen LogP contribution in [0.25, 0.3) is 0 Å². The number of ether oxygens (including phenoxy) is 1. The molecule has 0 bridgehead atoms. The number of amides is 1. The zero-order valence-corrected chi connectivity index (χ0v) is 12.0. The second-order valence-corrected chi connectivity index (χ2v) is 5.35. The van der Waals surface area contributed by atoms with Gasteiger partial charge in [0, 0.05) is 19.2 Å². The van der Waals surface area contributed by atoms with Crippen LogP contribution in [0.3, 0.4) is 0 Å². The summed E-state index contributed by atoms with van der Waals surface area (Å²) in [5.74, 6) is 0.246. The molecule has 1 amide bonds. The summed E-state index contributed by atoms with van der Waals surface area (Å²) in [5, 5.41) is 7.12. The van der Waals surface area contributed by atoms with Crippen molar-refractivity contribution in [1.29, 1.82) is 0 Å². The normalized spacial score (nSPS) is 20.0. The van der Waals surface area contributed by atoms with Gasteiger partial charge in [-0.1, -0.05) is 13.3 Å². The second kappa shape index (κ2) is 7.40. The molecule has 0 saturated carbocycles. The Morgan fingerprint density at radius 3 is 3.20 bits per heavy atom. The van der Waals surface area contributed by atoms with Gasteiger partial charge in [-0.15, -0.1) is 0 Å². The van der Waals surface area contributed by atoms with Crippen LogP contribution in [0, 0.1) is 5.92 Å². The first-order valence-corrected chi connectivity index (χ1v) is 7.35. The summed E-state index contributed by atoms with van der Waals surface area (Å²) in [7, 11) is 0. The molecule has 20 heavy (non-hydrogen) atoms. The summed E-state index contributed by atoms with van der Waals surface area (Å²) >= 11 is 0. The molecule has 2 atom stereocenters. The molecule has 1 aromatic heterocycles. The van der Waals surface area contributed by atoms with Crippen LogP contribution in [0.1, 0.15) is 32.6 Å². The number of hydrogen-bond donors (Lipinski definition) is 2. The average Bonchev–Trinajstić information content (AvgIpc) is 3.09. The quantitative estimate of drug-likeness (QED) is 0.790. The number of nitrogens with one attached hydrogen (secondary N) is 1. The first-order valence-electron chi connectivity index (χ1n) is 7.35. The highest BCUT2D eigenvalue weighted by molar-refractivity contribution is 5.90. The van der Waals surface area contributed by atoms with Gasteiger partial charge in [0.15, 0.2) is 0 Å². The molecule has 112 valence electrons. The van der Waals surface area contributed by atoms with Gasteiger partial charge in [0.1, 0.15) is 0 Å².